The van der Waals surface area contributed by atoms with Crippen molar-refractivity contribution in [1.82, 2.24) is 10.2 Å². The highest BCUT2D eigenvalue weighted by Crippen LogP contribution is 2.33. The summed E-state index contributed by atoms with van der Waals surface area (Å²) in [4.78, 5) is 16.0. The fourth-order valence-corrected chi connectivity index (χ4v) is 4.76. The minimum Gasteiger partial charge on any atom is -0.316 e. The minimum atomic E-state index is -0.277. The highest BCUT2D eigenvalue weighted by molar-refractivity contribution is 7.80. The molecule has 1 N–H and O–H groups in total. The molecule has 0 bridgehead atoms. The maximum Gasteiger partial charge on any atom is 0.228 e. The van der Waals surface area contributed by atoms with E-state index in [0.29, 0.717) is 16.4 Å². The summed E-state index contributed by atoms with van der Waals surface area (Å²) in [6.45, 7) is 2.49. The highest BCUT2D eigenvalue weighted by atomic mass is 35.5. The molecular weight excluding hydrogens is 455 g/mol. The molecule has 1 heterocycles. The van der Waals surface area contributed by atoms with Gasteiger partial charge >= 0.3 is 0 Å². The smallest absolute Gasteiger partial charge is 0.228 e. The molecule has 3 aromatic rings. The van der Waals surface area contributed by atoms with Crippen LogP contribution in [0.4, 0.5) is 4.39 Å². The van der Waals surface area contributed by atoms with E-state index in [9.17, 15) is 9.18 Å². The molecule has 170 valence electrons. The van der Waals surface area contributed by atoms with Crippen molar-refractivity contribution in [2.75, 3.05) is 19.6 Å². The van der Waals surface area contributed by atoms with E-state index >= 15 is 0 Å². The van der Waals surface area contributed by atoms with Crippen LogP contribution < -0.4 is 5.32 Å². The fraction of sp³-hybridized carbons (Fsp3) is 0.259. The first-order chi connectivity index (χ1) is 16.0. The van der Waals surface area contributed by atoms with Gasteiger partial charge in [0, 0.05) is 35.5 Å². The SMILES string of the molecule is O=C(NC(=S)c1ccc(Cl)cc1)C1CCN(CCc2ccccc2)CC1c1ccc(F)cc1. The lowest BCUT2D eigenvalue weighted by molar-refractivity contribution is -0.125. The molecule has 6 heteroatoms. The molecule has 3 nitrogen and oxygen atoms in total. The van der Waals surface area contributed by atoms with Crippen molar-refractivity contribution in [1.29, 1.82) is 0 Å². The predicted octanol–water partition coefficient (Wildman–Crippen LogP) is 5.62. The second kappa shape index (κ2) is 11.0. The molecule has 4 rings (SSSR count). The fourth-order valence-electron chi connectivity index (χ4n) is 4.39. The molecule has 33 heavy (non-hydrogen) atoms. The third-order valence-electron chi connectivity index (χ3n) is 6.23. The zero-order valence-electron chi connectivity index (χ0n) is 18.2. The van der Waals surface area contributed by atoms with Gasteiger partial charge in [0.2, 0.25) is 5.91 Å². The molecule has 1 aliphatic heterocycles. The molecule has 0 spiro atoms. The molecule has 1 amide bonds. The van der Waals surface area contributed by atoms with Crippen LogP contribution in [0.2, 0.25) is 5.02 Å². The van der Waals surface area contributed by atoms with Crippen molar-refractivity contribution >= 4 is 34.7 Å². The molecule has 0 aromatic heterocycles. The van der Waals surface area contributed by atoms with Gasteiger partial charge in [-0.1, -0.05) is 78.4 Å². The Morgan fingerprint density at radius 1 is 1.03 bits per heavy atom. The molecule has 2 unspecified atom stereocenters. The number of thiocarbonyl (C=S) groups is 1. The van der Waals surface area contributed by atoms with E-state index in [1.807, 2.05) is 6.07 Å². The minimum absolute atomic E-state index is 0.0388. The lowest BCUT2D eigenvalue weighted by atomic mass is 9.80. The number of amides is 1. The van der Waals surface area contributed by atoms with Crippen LogP contribution in [-0.2, 0) is 11.2 Å². The molecule has 1 saturated heterocycles. The molecule has 3 aromatic carbocycles. The van der Waals surface area contributed by atoms with Crippen LogP contribution in [0.15, 0.2) is 78.9 Å². The number of nitrogens with zero attached hydrogens (tertiary/aromatic N) is 1. The van der Waals surface area contributed by atoms with Gasteiger partial charge in [-0.3, -0.25) is 4.79 Å². The van der Waals surface area contributed by atoms with Crippen LogP contribution in [0.5, 0.6) is 0 Å². The lowest BCUT2D eigenvalue weighted by Gasteiger charge is -2.38. The van der Waals surface area contributed by atoms with Gasteiger partial charge in [0.25, 0.3) is 0 Å². The van der Waals surface area contributed by atoms with Gasteiger partial charge in [-0.25, -0.2) is 4.39 Å². The Kier molecular flexibility index (Phi) is 7.86. The van der Waals surface area contributed by atoms with E-state index in [2.05, 4.69) is 34.5 Å². The third-order valence-corrected chi connectivity index (χ3v) is 6.82. The van der Waals surface area contributed by atoms with Crippen molar-refractivity contribution in [3.8, 4) is 0 Å². The molecule has 0 aliphatic carbocycles. The van der Waals surface area contributed by atoms with Crippen molar-refractivity contribution < 1.29 is 9.18 Å². The van der Waals surface area contributed by atoms with E-state index in [-0.39, 0.29) is 23.6 Å². The molecule has 0 saturated carbocycles. The average Bonchev–Trinajstić information content (AvgIpc) is 2.84. The van der Waals surface area contributed by atoms with Crippen LogP contribution in [-0.4, -0.2) is 35.4 Å². The standard InChI is InChI=1S/C27H26ClFN2OS/c28-22-10-6-21(7-11-22)27(33)30-26(32)24-15-17-31(16-14-19-4-2-1-3-5-19)18-25(24)20-8-12-23(29)13-9-20/h1-13,24-25H,14-18H2,(H,30,32,33). The van der Waals surface area contributed by atoms with Crippen molar-refractivity contribution in [3.05, 3.63) is 106 Å². The summed E-state index contributed by atoms with van der Waals surface area (Å²) in [6, 6.07) is 24.0. The van der Waals surface area contributed by atoms with Crippen LogP contribution in [0.25, 0.3) is 0 Å². The topological polar surface area (TPSA) is 32.3 Å². The number of piperidine rings is 1. The van der Waals surface area contributed by atoms with Crippen molar-refractivity contribution in [2.45, 2.75) is 18.8 Å². The zero-order valence-corrected chi connectivity index (χ0v) is 19.8. The van der Waals surface area contributed by atoms with Gasteiger partial charge in [0.15, 0.2) is 0 Å². The molecule has 1 fully saturated rings. The number of nitrogens with one attached hydrogen (secondary N) is 1. The summed E-state index contributed by atoms with van der Waals surface area (Å²) in [6.07, 6.45) is 1.67. The Bertz CT molecular complexity index is 1090. The first kappa shape index (κ1) is 23.6. The summed E-state index contributed by atoms with van der Waals surface area (Å²) in [5.74, 6) is -0.649. The van der Waals surface area contributed by atoms with E-state index in [1.54, 1.807) is 36.4 Å². The molecular formula is C27H26ClFN2OS. The Morgan fingerprint density at radius 3 is 2.42 bits per heavy atom. The van der Waals surface area contributed by atoms with Crippen molar-refractivity contribution in [2.24, 2.45) is 5.92 Å². The summed E-state index contributed by atoms with van der Waals surface area (Å²) in [5, 5.41) is 3.54. The van der Waals surface area contributed by atoms with Gasteiger partial charge in [-0.2, -0.15) is 0 Å². The second-order valence-electron chi connectivity index (χ2n) is 8.41. The van der Waals surface area contributed by atoms with Gasteiger partial charge < -0.3 is 10.2 Å². The highest BCUT2D eigenvalue weighted by Gasteiger charge is 2.35. The molecule has 2 atom stereocenters. The Morgan fingerprint density at radius 2 is 1.73 bits per heavy atom. The van der Waals surface area contributed by atoms with Gasteiger partial charge in [0.05, 0.1) is 0 Å². The second-order valence-corrected chi connectivity index (χ2v) is 9.26. The summed E-state index contributed by atoms with van der Waals surface area (Å²) in [7, 11) is 0. The number of carbonyl (C=O) groups excluding carboxylic acids is 1. The van der Waals surface area contributed by atoms with Gasteiger partial charge in [-0.05, 0) is 54.8 Å². The number of halogens is 2. The molecule has 0 radical (unpaired) electrons. The van der Waals surface area contributed by atoms with Crippen molar-refractivity contribution in [3.63, 3.8) is 0 Å². The number of hydrogen-bond acceptors (Lipinski definition) is 3. The quantitative estimate of drug-likeness (QED) is 0.465. The normalized spacial score (nSPS) is 18.6. The Balaban J connectivity index is 1.47. The van der Waals surface area contributed by atoms with Crippen LogP contribution in [0, 0.1) is 11.7 Å². The summed E-state index contributed by atoms with van der Waals surface area (Å²) < 4.78 is 13.6. The van der Waals surface area contributed by atoms with Gasteiger partial charge in [-0.15, -0.1) is 0 Å². The summed E-state index contributed by atoms with van der Waals surface area (Å²) >= 11 is 11.4. The molecule has 1 aliphatic rings. The zero-order chi connectivity index (χ0) is 23.2. The van der Waals surface area contributed by atoms with E-state index in [1.165, 1.54) is 17.7 Å². The number of likely N-dealkylation sites (tertiary alicyclic amines) is 1. The Labute approximate surface area is 204 Å². The number of hydrogen-bond donors (Lipinski definition) is 1. The third kappa shape index (κ3) is 6.26. The largest absolute Gasteiger partial charge is 0.316 e. The van der Waals surface area contributed by atoms with Crippen LogP contribution in [0.3, 0.4) is 0 Å². The van der Waals surface area contributed by atoms with E-state index in [4.69, 9.17) is 23.8 Å². The maximum atomic E-state index is 13.6. The number of benzene rings is 3. The first-order valence-corrected chi connectivity index (χ1v) is 11.9. The lowest BCUT2D eigenvalue weighted by Crippen LogP contribution is -2.47. The van der Waals surface area contributed by atoms with E-state index in [0.717, 1.165) is 37.2 Å². The average molecular weight is 481 g/mol. The maximum absolute atomic E-state index is 13.6. The van der Waals surface area contributed by atoms with Crippen LogP contribution >= 0.6 is 23.8 Å². The summed E-state index contributed by atoms with van der Waals surface area (Å²) in [5.41, 5.74) is 3.02. The Hall–Kier alpha value is -2.60. The number of carbonyl (C=O) groups is 1. The van der Waals surface area contributed by atoms with Crippen LogP contribution in [0.1, 0.15) is 29.0 Å². The predicted molar refractivity (Wildman–Crippen MR) is 135 cm³/mol. The first-order valence-electron chi connectivity index (χ1n) is 11.1. The van der Waals surface area contributed by atoms with E-state index < -0.39 is 0 Å². The monoisotopic (exact) mass is 480 g/mol. The van der Waals surface area contributed by atoms with Gasteiger partial charge in [0.1, 0.15) is 10.8 Å². The number of rotatable bonds is 6.